The average Bonchev–Trinajstić information content (AvgIpc) is 3.14. The minimum Gasteiger partial charge on any atom is -0.487 e. The molecule has 0 saturated heterocycles. The van der Waals surface area contributed by atoms with Crippen molar-refractivity contribution in [3.63, 3.8) is 0 Å². The quantitative estimate of drug-likeness (QED) is 0.102. The standard InChI is InChI=1S/C24H15FI2N2O5/c1-13-16(6-4-8-21(13)29(31)32)23-28-20(24(30)34-23)11-14-9-18(26)22(19(27)10-14)33-12-15-5-2-3-7-17(15)25/h2-11H,12H2,1H3/b20-11-. The number of hydrogen-bond acceptors (Lipinski definition) is 6. The molecular formula is C24H15FI2N2O5. The van der Waals surface area contributed by atoms with Crippen LogP contribution in [0.25, 0.3) is 6.08 Å². The zero-order valence-electron chi connectivity index (χ0n) is 17.6. The molecule has 1 aliphatic heterocycles. The van der Waals surface area contributed by atoms with Gasteiger partial charge in [-0.3, -0.25) is 10.1 Å². The number of halogens is 3. The maximum absolute atomic E-state index is 13.9. The van der Waals surface area contributed by atoms with E-state index in [1.807, 2.05) is 12.1 Å². The number of benzene rings is 3. The molecule has 1 heterocycles. The molecular weight excluding hydrogens is 669 g/mol. The lowest BCUT2D eigenvalue weighted by atomic mass is 10.1. The lowest BCUT2D eigenvalue weighted by Crippen LogP contribution is -2.08. The van der Waals surface area contributed by atoms with Crippen molar-refractivity contribution in [2.24, 2.45) is 4.99 Å². The van der Waals surface area contributed by atoms with Crippen molar-refractivity contribution in [1.29, 1.82) is 0 Å². The number of nitro benzene ring substituents is 1. The summed E-state index contributed by atoms with van der Waals surface area (Å²) in [5.41, 5.74) is 1.89. The van der Waals surface area contributed by atoms with Gasteiger partial charge in [0.1, 0.15) is 18.2 Å². The second kappa shape index (κ2) is 10.2. The fourth-order valence-corrected chi connectivity index (χ4v) is 5.43. The predicted octanol–water partition coefficient (Wildman–Crippen LogP) is 6.18. The molecule has 7 nitrogen and oxygen atoms in total. The molecule has 34 heavy (non-hydrogen) atoms. The van der Waals surface area contributed by atoms with Crippen LogP contribution in [0.15, 0.2) is 65.3 Å². The number of ether oxygens (including phenoxy) is 2. The normalized spacial score (nSPS) is 14.2. The summed E-state index contributed by atoms with van der Waals surface area (Å²) in [6.07, 6.45) is 1.58. The molecule has 3 aromatic carbocycles. The minimum absolute atomic E-state index is 0.0201. The Balaban J connectivity index is 1.60. The summed E-state index contributed by atoms with van der Waals surface area (Å²) in [6, 6.07) is 14.6. The molecule has 0 aliphatic carbocycles. The molecule has 0 atom stereocenters. The van der Waals surface area contributed by atoms with Crippen molar-refractivity contribution in [3.05, 3.63) is 106 Å². The topological polar surface area (TPSA) is 91.0 Å². The summed E-state index contributed by atoms with van der Waals surface area (Å²) in [5, 5.41) is 11.2. The second-order valence-corrected chi connectivity index (χ2v) is 9.56. The van der Waals surface area contributed by atoms with Crippen LogP contribution in [0.3, 0.4) is 0 Å². The molecule has 0 amide bonds. The van der Waals surface area contributed by atoms with E-state index >= 15 is 0 Å². The molecule has 4 rings (SSSR count). The Morgan fingerprint density at radius 1 is 1.15 bits per heavy atom. The summed E-state index contributed by atoms with van der Waals surface area (Å²) in [7, 11) is 0. The molecule has 0 fully saturated rings. The van der Waals surface area contributed by atoms with E-state index in [4.69, 9.17) is 9.47 Å². The fourth-order valence-electron chi connectivity index (χ4n) is 3.30. The van der Waals surface area contributed by atoms with E-state index < -0.39 is 10.9 Å². The average molecular weight is 684 g/mol. The highest BCUT2D eigenvalue weighted by Crippen LogP contribution is 2.32. The van der Waals surface area contributed by atoms with Gasteiger partial charge in [0.2, 0.25) is 5.90 Å². The van der Waals surface area contributed by atoms with Crippen LogP contribution >= 0.6 is 45.2 Å². The van der Waals surface area contributed by atoms with Gasteiger partial charge in [-0.05, 0) is 88.0 Å². The number of carbonyl (C=O) groups excluding carboxylic acids is 1. The van der Waals surface area contributed by atoms with Crippen LogP contribution in [0, 0.1) is 30.0 Å². The van der Waals surface area contributed by atoms with E-state index in [9.17, 15) is 19.3 Å². The van der Waals surface area contributed by atoms with Gasteiger partial charge in [-0.25, -0.2) is 14.2 Å². The summed E-state index contributed by atoms with van der Waals surface area (Å²) >= 11 is 4.23. The molecule has 10 heteroatoms. The molecule has 3 aromatic rings. The number of nitro groups is 1. The Bertz CT molecular complexity index is 1360. The highest BCUT2D eigenvalue weighted by atomic mass is 127. The van der Waals surface area contributed by atoms with Crippen molar-refractivity contribution in [3.8, 4) is 5.75 Å². The van der Waals surface area contributed by atoms with Crippen LogP contribution in [0.4, 0.5) is 10.1 Å². The van der Waals surface area contributed by atoms with Crippen molar-refractivity contribution in [2.45, 2.75) is 13.5 Å². The number of hydrogen-bond donors (Lipinski definition) is 0. The van der Waals surface area contributed by atoms with Gasteiger partial charge in [0.05, 0.1) is 12.1 Å². The van der Waals surface area contributed by atoms with Crippen LogP contribution in [0.2, 0.25) is 0 Å². The van der Waals surface area contributed by atoms with Crippen molar-refractivity contribution < 1.29 is 23.6 Å². The van der Waals surface area contributed by atoms with Gasteiger partial charge in [-0.2, -0.15) is 0 Å². The number of cyclic esters (lactones) is 1. The van der Waals surface area contributed by atoms with E-state index in [-0.39, 0.29) is 29.7 Å². The molecule has 0 bridgehead atoms. The minimum atomic E-state index is -0.647. The third kappa shape index (κ3) is 5.12. The van der Waals surface area contributed by atoms with Gasteiger partial charge < -0.3 is 9.47 Å². The Kier molecular flexibility index (Phi) is 7.26. The molecule has 0 spiro atoms. The van der Waals surface area contributed by atoms with E-state index in [2.05, 4.69) is 50.2 Å². The molecule has 0 radical (unpaired) electrons. The van der Waals surface area contributed by atoms with Crippen LogP contribution in [-0.2, 0) is 16.1 Å². The molecule has 0 aromatic heterocycles. The second-order valence-electron chi connectivity index (χ2n) is 7.24. The van der Waals surface area contributed by atoms with Gasteiger partial charge >= 0.3 is 5.97 Å². The molecule has 0 unspecified atom stereocenters. The van der Waals surface area contributed by atoms with Crippen LogP contribution < -0.4 is 4.74 Å². The number of nitrogens with zero attached hydrogens (tertiary/aromatic N) is 2. The summed E-state index contributed by atoms with van der Waals surface area (Å²) in [4.78, 5) is 27.4. The van der Waals surface area contributed by atoms with Crippen LogP contribution in [-0.4, -0.2) is 16.8 Å². The van der Waals surface area contributed by atoms with Crippen molar-refractivity contribution in [1.82, 2.24) is 0 Å². The van der Waals surface area contributed by atoms with E-state index in [0.29, 0.717) is 28.0 Å². The highest BCUT2D eigenvalue weighted by molar-refractivity contribution is 14.1. The van der Waals surface area contributed by atoms with Gasteiger partial charge in [-0.15, -0.1) is 0 Å². The number of carbonyl (C=O) groups is 1. The van der Waals surface area contributed by atoms with Crippen molar-refractivity contribution >= 4 is 68.8 Å². The zero-order valence-corrected chi connectivity index (χ0v) is 21.9. The first-order chi connectivity index (χ1) is 16.2. The maximum atomic E-state index is 13.9. The number of aliphatic imine (C=N–C) groups is 1. The van der Waals surface area contributed by atoms with E-state index in [1.54, 1.807) is 37.3 Å². The third-order valence-corrected chi connectivity index (χ3v) is 6.61. The first kappa shape index (κ1) is 24.3. The summed E-state index contributed by atoms with van der Waals surface area (Å²) in [6.45, 7) is 1.66. The Labute approximate surface area is 221 Å². The highest BCUT2D eigenvalue weighted by Gasteiger charge is 2.27. The molecule has 0 N–H and O–H groups in total. The predicted molar refractivity (Wildman–Crippen MR) is 141 cm³/mol. The molecule has 0 saturated carbocycles. The molecule has 172 valence electrons. The Hall–Kier alpha value is -2.87. The maximum Gasteiger partial charge on any atom is 0.363 e. The van der Waals surface area contributed by atoms with Gasteiger partial charge in [0, 0.05) is 22.8 Å². The van der Waals surface area contributed by atoms with Crippen LogP contribution in [0.1, 0.15) is 22.3 Å². The fraction of sp³-hybridized carbons (Fsp3) is 0.0833. The monoisotopic (exact) mass is 684 g/mol. The summed E-state index contributed by atoms with van der Waals surface area (Å²) in [5.74, 6) is -0.351. The van der Waals surface area contributed by atoms with E-state index in [0.717, 1.165) is 7.14 Å². The van der Waals surface area contributed by atoms with Gasteiger partial charge in [0.15, 0.2) is 5.70 Å². The first-order valence-electron chi connectivity index (χ1n) is 9.87. The van der Waals surface area contributed by atoms with Crippen LogP contribution in [0.5, 0.6) is 5.75 Å². The smallest absolute Gasteiger partial charge is 0.363 e. The first-order valence-corrected chi connectivity index (χ1v) is 12.0. The van der Waals surface area contributed by atoms with Crippen molar-refractivity contribution in [2.75, 3.05) is 0 Å². The third-order valence-electron chi connectivity index (χ3n) is 5.01. The SMILES string of the molecule is Cc1c(C2=N/C(=C\c3cc(I)c(OCc4ccccc4F)c(I)c3)C(=O)O2)cccc1[N+](=O)[O-]. The molecule has 1 aliphatic rings. The lowest BCUT2D eigenvalue weighted by molar-refractivity contribution is -0.385. The lowest BCUT2D eigenvalue weighted by Gasteiger charge is -2.12. The summed E-state index contributed by atoms with van der Waals surface area (Å²) < 4.78 is 26.6. The van der Waals surface area contributed by atoms with Gasteiger partial charge in [-0.1, -0.05) is 24.3 Å². The van der Waals surface area contributed by atoms with Gasteiger partial charge in [0.25, 0.3) is 5.69 Å². The zero-order chi connectivity index (χ0) is 24.4. The van der Waals surface area contributed by atoms with E-state index in [1.165, 1.54) is 18.2 Å². The number of esters is 1. The number of rotatable bonds is 6. The Morgan fingerprint density at radius 2 is 1.85 bits per heavy atom. The Morgan fingerprint density at radius 3 is 2.53 bits per heavy atom. The largest absolute Gasteiger partial charge is 0.487 e.